The van der Waals surface area contributed by atoms with Crippen molar-refractivity contribution in [1.82, 2.24) is 16.1 Å². The molecular weight excluding hydrogens is 813 g/mol. The highest BCUT2D eigenvalue weighted by molar-refractivity contribution is 14.1. The van der Waals surface area contributed by atoms with Gasteiger partial charge in [-0.25, -0.2) is 14.0 Å². The Morgan fingerprint density at radius 2 is 1.87 bits per heavy atom. The lowest BCUT2D eigenvalue weighted by atomic mass is 9.95. The molecule has 0 radical (unpaired) electrons. The minimum absolute atomic E-state index is 0.176. The topological polar surface area (TPSA) is 140 Å². The van der Waals surface area contributed by atoms with E-state index in [1.54, 1.807) is 44.2 Å². The zero-order valence-electron chi connectivity index (χ0n) is 24.5. The first-order valence-electron chi connectivity index (χ1n) is 13.7. The third-order valence-corrected chi connectivity index (χ3v) is 7.86. The molecule has 2 atom stereocenters. The summed E-state index contributed by atoms with van der Waals surface area (Å²) in [6, 6.07) is 13.7. The first-order valence-corrected chi connectivity index (χ1v) is 15.8. The average Bonchev–Trinajstić information content (AvgIpc) is 3.00. The second kappa shape index (κ2) is 16.1. The second-order valence-electron chi connectivity index (χ2n) is 9.64. The zero-order valence-corrected chi connectivity index (χ0v) is 28.8. The van der Waals surface area contributed by atoms with E-state index in [4.69, 9.17) is 18.9 Å². The van der Waals surface area contributed by atoms with Gasteiger partial charge in [-0.2, -0.15) is 5.10 Å². The van der Waals surface area contributed by atoms with Crippen molar-refractivity contribution >= 4 is 63.4 Å². The molecule has 0 aliphatic carbocycles. The molecule has 1 aliphatic rings. The lowest BCUT2D eigenvalue weighted by Gasteiger charge is -2.28. The third kappa shape index (κ3) is 9.20. The van der Waals surface area contributed by atoms with Gasteiger partial charge in [-0.3, -0.25) is 5.43 Å². The number of rotatable bonds is 13. The molecule has 4 rings (SSSR count). The SMILES string of the molecule is CCOc1cc([C@@H]2NC(=O)NC(C)=C2C(=O)OC)ccc1OC[C@@H](O)N/N=C/c1cc(I)cc(I)c1OCc1ccc(F)cc1. The summed E-state index contributed by atoms with van der Waals surface area (Å²) in [5, 5.41) is 20.0. The molecule has 0 saturated heterocycles. The molecular formula is C31H31FI2N4O7. The van der Waals surface area contributed by atoms with Gasteiger partial charge < -0.3 is 34.7 Å². The van der Waals surface area contributed by atoms with Crippen LogP contribution in [0.1, 0.15) is 36.6 Å². The van der Waals surface area contributed by atoms with Gasteiger partial charge in [0.05, 0.1) is 35.1 Å². The number of ether oxygens (including phenoxy) is 4. The first-order chi connectivity index (χ1) is 21.6. The maximum atomic E-state index is 13.3. The van der Waals surface area contributed by atoms with E-state index >= 15 is 0 Å². The fourth-order valence-electron chi connectivity index (χ4n) is 4.38. The van der Waals surface area contributed by atoms with Crippen molar-refractivity contribution in [3.63, 3.8) is 0 Å². The van der Waals surface area contributed by atoms with Gasteiger partial charge in [0.25, 0.3) is 0 Å². The molecule has 1 heterocycles. The number of esters is 1. The summed E-state index contributed by atoms with van der Waals surface area (Å²) in [6.45, 7) is 3.82. The number of benzene rings is 3. The monoisotopic (exact) mass is 844 g/mol. The first kappa shape index (κ1) is 34.2. The molecule has 14 heteroatoms. The Hall–Kier alpha value is -3.64. The molecule has 1 aliphatic heterocycles. The van der Waals surface area contributed by atoms with Crippen LogP contribution in [0.2, 0.25) is 0 Å². The van der Waals surface area contributed by atoms with Crippen molar-refractivity contribution in [1.29, 1.82) is 0 Å². The van der Waals surface area contributed by atoms with Crippen molar-refractivity contribution < 1.29 is 38.0 Å². The van der Waals surface area contributed by atoms with Gasteiger partial charge in [0.2, 0.25) is 0 Å². The van der Waals surface area contributed by atoms with Crippen LogP contribution in [-0.4, -0.2) is 49.9 Å². The molecule has 0 unspecified atom stereocenters. The van der Waals surface area contributed by atoms with E-state index < -0.39 is 24.3 Å². The summed E-state index contributed by atoms with van der Waals surface area (Å²) < 4.78 is 37.6. The van der Waals surface area contributed by atoms with Crippen LogP contribution in [0.3, 0.4) is 0 Å². The van der Waals surface area contributed by atoms with E-state index in [1.807, 2.05) is 12.1 Å². The van der Waals surface area contributed by atoms with Crippen LogP contribution >= 0.6 is 45.2 Å². The Labute approximate surface area is 286 Å². The number of hydrazone groups is 1. The number of hydrogen-bond acceptors (Lipinski definition) is 9. The largest absolute Gasteiger partial charge is 0.490 e. The van der Waals surface area contributed by atoms with Crippen molar-refractivity contribution in [3.05, 3.63) is 95.5 Å². The molecule has 0 fully saturated rings. The lowest BCUT2D eigenvalue weighted by molar-refractivity contribution is -0.136. The van der Waals surface area contributed by atoms with Crippen LogP contribution in [-0.2, 0) is 16.1 Å². The number of nitrogens with one attached hydrogen (secondary N) is 3. The minimum Gasteiger partial charge on any atom is -0.490 e. The minimum atomic E-state index is -1.18. The Bertz CT molecular complexity index is 1600. The third-order valence-electron chi connectivity index (χ3n) is 6.43. The van der Waals surface area contributed by atoms with Gasteiger partial charge >= 0.3 is 12.0 Å². The smallest absolute Gasteiger partial charge is 0.337 e. The maximum Gasteiger partial charge on any atom is 0.337 e. The molecule has 4 N–H and O–H groups in total. The summed E-state index contributed by atoms with van der Waals surface area (Å²) in [4.78, 5) is 24.6. The number of hydrogen-bond donors (Lipinski definition) is 4. The number of carbonyl (C=O) groups excluding carboxylic acids is 2. The quantitative estimate of drug-likeness (QED) is 0.0611. The van der Waals surface area contributed by atoms with Crippen molar-refractivity contribution in [2.45, 2.75) is 32.7 Å². The summed E-state index contributed by atoms with van der Waals surface area (Å²) in [5.74, 6) is 0.406. The van der Waals surface area contributed by atoms with Gasteiger partial charge in [-0.1, -0.05) is 18.2 Å². The Morgan fingerprint density at radius 1 is 1.11 bits per heavy atom. The van der Waals surface area contributed by atoms with Gasteiger partial charge in [0, 0.05) is 14.8 Å². The average molecular weight is 844 g/mol. The van der Waals surface area contributed by atoms with Crippen LogP contribution in [0.5, 0.6) is 17.2 Å². The molecule has 0 bridgehead atoms. The summed E-state index contributed by atoms with van der Waals surface area (Å²) >= 11 is 4.37. The Balaban J connectivity index is 1.42. The van der Waals surface area contributed by atoms with Crippen LogP contribution < -0.4 is 30.3 Å². The lowest BCUT2D eigenvalue weighted by Crippen LogP contribution is -2.45. The Kier molecular flexibility index (Phi) is 12.2. The molecule has 3 aromatic rings. The van der Waals surface area contributed by atoms with Crippen molar-refractivity contribution in [3.8, 4) is 17.2 Å². The fourth-order valence-corrected chi connectivity index (χ4v) is 6.42. The molecule has 0 saturated carbocycles. The van der Waals surface area contributed by atoms with Crippen LogP contribution in [0.25, 0.3) is 0 Å². The number of halogens is 3. The second-order valence-corrected chi connectivity index (χ2v) is 12.0. The molecule has 11 nitrogen and oxygen atoms in total. The molecule has 238 valence electrons. The van der Waals surface area contributed by atoms with E-state index in [-0.39, 0.29) is 24.6 Å². The van der Waals surface area contributed by atoms with Crippen LogP contribution in [0, 0.1) is 13.0 Å². The number of methoxy groups -OCH3 is 1. The molecule has 0 spiro atoms. The van der Waals surface area contributed by atoms with Gasteiger partial charge in [0.15, 0.2) is 17.7 Å². The number of nitrogens with zero attached hydrogens (tertiary/aromatic N) is 1. The highest BCUT2D eigenvalue weighted by atomic mass is 127. The fraction of sp³-hybridized carbons (Fsp3) is 0.258. The van der Waals surface area contributed by atoms with Gasteiger partial charge in [0.1, 0.15) is 24.8 Å². The zero-order chi connectivity index (χ0) is 32.5. The van der Waals surface area contributed by atoms with E-state index in [9.17, 15) is 19.1 Å². The molecule has 3 aromatic carbocycles. The normalized spacial score (nSPS) is 15.3. The van der Waals surface area contributed by atoms with Gasteiger partial charge in [-0.05, 0) is 107 Å². The number of aliphatic hydroxyl groups excluding tert-OH is 1. The summed E-state index contributed by atoms with van der Waals surface area (Å²) in [7, 11) is 1.27. The predicted molar refractivity (Wildman–Crippen MR) is 182 cm³/mol. The predicted octanol–water partition coefficient (Wildman–Crippen LogP) is 5.13. The van der Waals surface area contributed by atoms with Gasteiger partial charge in [-0.15, -0.1) is 0 Å². The number of amides is 2. The van der Waals surface area contributed by atoms with E-state index in [0.717, 1.165) is 12.7 Å². The number of aliphatic hydroxyl groups is 1. The summed E-state index contributed by atoms with van der Waals surface area (Å²) in [5.41, 5.74) is 5.36. The molecule has 0 aromatic heterocycles. The highest BCUT2D eigenvalue weighted by Gasteiger charge is 2.32. The number of carbonyl (C=O) groups is 2. The van der Waals surface area contributed by atoms with E-state index in [1.165, 1.54) is 25.5 Å². The Morgan fingerprint density at radius 3 is 2.58 bits per heavy atom. The number of allylic oxidation sites excluding steroid dienone is 1. The van der Waals surface area contributed by atoms with Crippen molar-refractivity contribution in [2.24, 2.45) is 5.10 Å². The standard InChI is InChI=1S/C31H31FI2N4O7/c1-4-43-25-12-19(28-27(30(40)42-3)17(2)36-31(41)37-28)7-10-24(25)44-16-26(39)38-35-14-20-11-22(33)13-23(34)29(20)45-15-18-5-8-21(32)9-6-18/h5-14,26,28,38-39H,4,15-16H2,1-3H3,(H2,36,37,41)/b35-14+/t26-,28+/m1/s1. The van der Waals surface area contributed by atoms with Crippen molar-refractivity contribution in [2.75, 3.05) is 20.3 Å². The highest BCUT2D eigenvalue weighted by Crippen LogP contribution is 2.35. The van der Waals surface area contributed by atoms with Crippen LogP contribution in [0.15, 0.2) is 71.0 Å². The maximum absolute atomic E-state index is 13.3. The van der Waals surface area contributed by atoms with E-state index in [2.05, 4.69) is 66.3 Å². The molecule has 45 heavy (non-hydrogen) atoms. The van der Waals surface area contributed by atoms with Crippen LogP contribution in [0.4, 0.5) is 9.18 Å². The van der Waals surface area contributed by atoms with E-state index in [0.29, 0.717) is 40.7 Å². The summed E-state index contributed by atoms with van der Waals surface area (Å²) in [6.07, 6.45) is 0.358. The molecule has 2 amide bonds. The number of urea groups is 1.